The van der Waals surface area contributed by atoms with Gasteiger partial charge in [-0.2, -0.15) is 0 Å². The first-order valence-electron chi connectivity index (χ1n) is 6.52. The van der Waals surface area contributed by atoms with Gasteiger partial charge in [0.2, 0.25) is 0 Å². The molecule has 2 aliphatic heterocycles. The highest BCUT2D eigenvalue weighted by Gasteiger charge is 2.52. The minimum absolute atomic E-state index is 0.0426. The van der Waals surface area contributed by atoms with Crippen molar-refractivity contribution < 1.29 is 9.53 Å². The molecule has 2 fully saturated rings. The third kappa shape index (κ3) is 1.31. The summed E-state index contributed by atoms with van der Waals surface area (Å²) >= 11 is 0. The molecule has 0 saturated carbocycles. The predicted molar refractivity (Wildman–Crippen MR) is 66.8 cm³/mol. The number of nitrogens with zero attached hydrogens (tertiary/aromatic N) is 1. The molecule has 0 amide bonds. The first-order chi connectivity index (χ1) is 8.84. The summed E-state index contributed by atoms with van der Waals surface area (Å²) in [6.07, 6.45) is 5.50. The summed E-state index contributed by atoms with van der Waals surface area (Å²) in [6.45, 7) is 0.483. The van der Waals surface area contributed by atoms with Crippen molar-refractivity contribution in [1.29, 1.82) is 0 Å². The van der Waals surface area contributed by atoms with E-state index in [4.69, 9.17) is 4.74 Å². The number of esters is 1. The minimum atomic E-state index is -0.0565. The van der Waals surface area contributed by atoms with Crippen LogP contribution >= 0.6 is 0 Å². The Morgan fingerprint density at radius 1 is 1.17 bits per heavy atom. The molecule has 92 valence electrons. The molecule has 3 aliphatic rings. The fourth-order valence-corrected chi connectivity index (χ4v) is 3.59. The van der Waals surface area contributed by atoms with E-state index in [0.717, 1.165) is 6.42 Å². The summed E-state index contributed by atoms with van der Waals surface area (Å²) < 4.78 is 5.40. The van der Waals surface area contributed by atoms with Crippen molar-refractivity contribution in [2.75, 3.05) is 6.61 Å². The largest absolute Gasteiger partial charge is 0.462 e. The molecule has 0 aromatic heterocycles. The Bertz CT molecular complexity index is 510. The average Bonchev–Trinajstić information content (AvgIpc) is 3.02. The van der Waals surface area contributed by atoms with Crippen molar-refractivity contribution in [3.05, 3.63) is 48.0 Å². The molecule has 0 unspecified atom stereocenters. The van der Waals surface area contributed by atoms with Crippen molar-refractivity contribution in [2.45, 2.75) is 24.5 Å². The smallest absolute Gasteiger partial charge is 0.324 e. The van der Waals surface area contributed by atoms with Gasteiger partial charge in [-0.05, 0) is 12.0 Å². The molecule has 3 heteroatoms. The van der Waals surface area contributed by atoms with Gasteiger partial charge in [0.1, 0.15) is 12.6 Å². The molecule has 2 heterocycles. The molecule has 0 radical (unpaired) electrons. The van der Waals surface area contributed by atoms with Gasteiger partial charge in [0.05, 0.1) is 6.04 Å². The molecule has 4 atom stereocenters. The van der Waals surface area contributed by atoms with Crippen LogP contribution in [0.1, 0.15) is 18.0 Å². The van der Waals surface area contributed by atoms with E-state index in [1.54, 1.807) is 0 Å². The highest BCUT2D eigenvalue weighted by molar-refractivity contribution is 5.78. The van der Waals surface area contributed by atoms with Gasteiger partial charge in [-0.1, -0.05) is 42.5 Å². The van der Waals surface area contributed by atoms with Crippen LogP contribution in [0.4, 0.5) is 0 Å². The maximum Gasteiger partial charge on any atom is 0.324 e. The van der Waals surface area contributed by atoms with E-state index >= 15 is 0 Å². The van der Waals surface area contributed by atoms with Gasteiger partial charge in [-0.3, -0.25) is 9.69 Å². The SMILES string of the molecule is O=C1OC[C@H](c2ccccc2)N2[C@@H]3C=C[C@H](C3)[C@@H]12. The molecule has 18 heavy (non-hydrogen) atoms. The second-order valence-electron chi connectivity index (χ2n) is 5.30. The highest BCUT2D eigenvalue weighted by atomic mass is 16.5. The van der Waals surface area contributed by atoms with E-state index in [1.807, 2.05) is 18.2 Å². The molecule has 0 N–H and O–H groups in total. The summed E-state index contributed by atoms with van der Waals surface area (Å²) in [5, 5.41) is 0. The standard InChI is InChI=1S/C15H15NO2/c17-15-14-11-6-7-12(8-11)16(14)13(9-18-15)10-4-2-1-3-5-10/h1-7,11-14H,8-9H2/t11-,12-,13-,14+/m1/s1. The fraction of sp³-hybridized carbons (Fsp3) is 0.400. The number of carbonyl (C=O) groups is 1. The Kier molecular flexibility index (Phi) is 2.12. The molecule has 1 aliphatic carbocycles. The first kappa shape index (κ1) is 10.3. The first-order valence-corrected chi connectivity index (χ1v) is 6.52. The zero-order valence-corrected chi connectivity index (χ0v) is 10.0. The van der Waals surface area contributed by atoms with Gasteiger partial charge in [-0.15, -0.1) is 0 Å². The van der Waals surface area contributed by atoms with Crippen LogP contribution in [0, 0.1) is 5.92 Å². The maximum absolute atomic E-state index is 11.9. The Labute approximate surface area is 106 Å². The number of rotatable bonds is 1. The minimum Gasteiger partial charge on any atom is -0.462 e. The summed E-state index contributed by atoms with van der Waals surface area (Å²) in [4.78, 5) is 14.3. The van der Waals surface area contributed by atoms with Crippen LogP contribution in [0.5, 0.6) is 0 Å². The van der Waals surface area contributed by atoms with Crippen molar-refractivity contribution in [2.24, 2.45) is 5.92 Å². The summed E-state index contributed by atoms with van der Waals surface area (Å²) in [5.41, 5.74) is 1.25. The average molecular weight is 241 g/mol. The molecule has 4 rings (SSSR count). The molecule has 3 nitrogen and oxygen atoms in total. The number of cyclic esters (lactones) is 1. The van der Waals surface area contributed by atoms with E-state index < -0.39 is 0 Å². The van der Waals surface area contributed by atoms with E-state index in [-0.39, 0.29) is 18.1 Å². The van der Waals surface area contributed by atoms with E-state index in [9.17, 15) is 4.79 Å². The van der Waals surface area contributed by atoms with Crippen molar-refractivity contribution in [3.63, 3.8) is 0 Å². The van der Waals surface area contributed by atoms with E-state index in [2.05, 4.69) is 29.2 Å². The number of hydrogen-bond acceptors (Lipinski definition) is 3. The van der Waals surface area contributed by atoms with Gasteiger partial charge >= 0.3 is 5.97 Å². The highest BCUT2D eigenvalue weighted by Crippen LogP contribution is 2.45. The zero-order chi connectivity index (χ0) is 12.1. The molecule has 1 aromatic rings. The van der Waals surface area contributed by atoms with Crippen LogP contribution < -0.4 is 0 Å². The molecular formula is C15H15NO2. The Morgan fingerprint density at radius 2 is 2.00 bits per heavy atom. The second-order valence-corrected chi connectivity index (χ2v) is 5.30. The number of ether oxygens (including phenoxy) is 1. The monoisotopic (exact) mass is 241 g/mol. The Balaban J connectivity index is 1.74. The second kappa shape index (κ2) is 3.69. The van der Waals surface area contributed by atoms with Gasteiger partial charge in [0.15, 0.2) is 0 Å². The molecular weight excluding hydrogens is 226 g/mol. The number of fused-ring (bicyclic) bond motifs is 5. The van der Waals surface area contributed by atoms with E-state index in [0.29, 0.717) is 18.6 Å². The lowest BCUT2D eigenvalue weighted by molar-refractivity contribution is -0.163. The van der Waals surface area contributed by atoms with Crippen LogP contribution in [0.3, 0.4) is 0 Å². The van der Waals surface area contributed by atoms with Gasteiger partial charge in [0, 0.05) is 12.0 Å². The molecule has 0 spiro atoms. The van der Waals surface area contributed by atoms with Gasteiger partial charge in [-0.25, -0.2) is 0 Å². The van der Waals surface area contributed by atoms with Crippen molar-refractivity contribution in [3.8, 4) is 0 Å². The quantitative estimate of drug-likeness (QED) is 0.555. The normalized spacial score (nSPS) is 37.7. The molecule has 2 bridgehead atoms. The van der Waals surface area contributed by atoms with Crippen LogP contribution in [0.2, 0.25) is 0 Å². The van der Waals surface area contributed by atoms with Crippen LogP contribution in [-0.2, 0) is 9.53 Å². The molecule has 2 saturated heterocycles. The van der Waals surface area contributed by atoms with Crippen molar-refractivity contribution >= 4 is 5.97 Å². The lowest BCUT2D eigenvalue weighted by Gasteiger charge is -2.41. The number of carbonyl (C=O) groups excluding carboxylic acids is 1. The third-order valence-electron chi connectivity index (χ3n) is 4.37. The van der Waals surface area contributed by atoms with Gasteiger partial charge in [0.25, 0.3) is 0 Å². The lowest BCUT2D eigenvalue weighted by Crippen LogP contribution is -2.52. The number of hydrogen-bond donors (Lipinski definition) is 0. The fourth-order valence-electron chi connectivity index (χ4n) is 3.59. The lowest BCUT2D eigenvalue weighted by atomic mass is 9.97. The third-order valence-corrected chi connectivity index (χ3v) is 4.37. The summed E-state index contributed by atoms with van der Waals surface area (Å²) in [7, 11) is 0. The number of morpholine rings is 1. The topological polar surface area (TPSA) is 29.5 Å². The maximum atomic E-state index is 11.9. The zero-order valence-electron chi connectivity index (χ0n) is 10.0. The predicted octanol–water partition coefficient (Wildman–Crippen LogP) is 1.91. The number of benzene rings is 1. The van der Waals surface area contributed by atoms with Gasteiger partial charge < -0.3 is 4.74 Å². The van der Waals surface area contributed by atoms with Crippen LogP contribution in [0.15, 0.2) is 42.5 Å². The summed E-state index contributed by atoms with van der Waals surface area (Å²) in [5.74, 6) is 0.313. The van der Waals surface area contributed by atoms with Crippen LogP contribution in [0.25, 0.3) is 0 Å². The van der Waals surface area contributed by atoms with Crippen LogP contribution in [-0.4, -0.2) is 29.6 Å². The Morgan fingerprint density at radius 3 is 2.83 bits per heavy atom. The van der Waals surface area contributed by atoms with E-state index in [1.165, 1.54) is 5.56 Å². The Hall–Kier alpha value is -1.61. The molecule has 1 aromatic carbocycles. The van der Waals surface area contributed by atoms with Crippen molar-refractivity contribution in [1.82, 2.24) is 4.90 Å². The summed E-state index contributed by atoms with van der Waals surface area (Å²) in [6, 6.07) is 10.9.